The number of hydrogen-bond acceptors (Lipinski definition) is 3. The number of benzene rings is 1. The summed E-state index contributed by atoms with van der Waals surface area (Å²) >= 11 is 0. The molecule has 0 radical (unpaired) electrons. The Morgan fingerprint density at radius 3 is 2.39 bits per heavy atom. The van der Waals surface area contributed by atoms with Gasteiger partial charge in [0.2, 0.25) is 0 Å². The van der Waals surface area contributed by atoms with Crippen molar-refractivity contribution in [3.8, 4) is 0 Å². The number of ketones is 1. The molecule has 0 atom stereocenters. The molecule has 0 saturated carbocycles. The number of nitrogens with two attached hydrogens (primary N) is 1. The van der Waals surface area contributed by atoms with Crippen LogP contribution in [-0.2, 0) is 16.0 Å². The molecule has 0 unspecified atom stereocenters. The molecule has 3 nitrogen and oxygen atoms in total. The molecule has 0 amide bonds. The quantitative estimate of drug-likeness (QED) is 0.892. The van der Waals surface area contributed by atoms with Crippen molar-refractivity contribution >= 4 is 5.78 Å². The summed E-state index contributed by atoms with van der Waals surface area (Å²) < 4.78 is 32.0. The standard InChI is InChI=1S/C13H15F2NO2/c14-10-2-1-3-11(15)9(10)8-12(17)13(16)4-6-18-7-5-13/h1-3H,4-8,16H2. The molecule has 1 aliphatic heterocycles. The molecule has 0 aliphatic carbocycles. The first-order valence-electron chi connectivity index (χ1n) is 5.86. The Kier molecular flexibility index (Phi) is 3.73. The molecule has 2 rings (SSSR count). The predicted octanol–water partition coefficient (Wildman–Crippen LogP) is 1.58. The van der Waals surface area contributed by atoms with Crippen LogP contribution >= 0.6 is 0 Å². The van der Waals surface area contributed by atoms with Gasteiger partial charge in [0, 0.05) is 25.2 Å². The number of carbonyl (C=O) groups excluding carboxylic acids is 1. The van der Waals surface area contributed by atoms with Gasteiger partial charge in [-0.05, 0) is 25.0 Å². The van der Waals surface area contributed by atoms with E-state index in [1.807, 2.05) is 0 Å². The molecule has 2 N–H and O–H groups in total. The minimum Gasteiger partial charge on any atom is -0.381 e. The number of carbonyl (C=O) groups is 1. The third kappa shape index (κ3) is 2.57. The van der Waals surface area contributed by atoms with E-state index in [1.54, 1.807) is 0 Å². The zero-order valence-electron chi connectivity index (χ0n) is 9.92. The van der Waals surface area contributed by atoms with Crippen LogP contribution in [0.5, 0.6) is 0 Å². The molecule has 5 heteroatoms. The van der Waals surface area contributed by atoms with E-state index in [9.17, 15) is 13.6 Å². The Bertz CT molecular complexity index is 436. The molecule has 18 heavy (non-hydrogen) atoms. The van der Waals surface area contributed by atoms with Crippen molar-refractivity contribution in [3.05, 3.63) is 35.4 Å². The lowest BCUT2D eigenvalue weighted by Gasteiger charge is -2.31. The van der Waals surface area contributed by atoms with Gasteiger partial charge in [-0.15, -0.1) is 0 Å². The van der Waals surface area contributed by atoms with Crippen LogP contribution in [0, 0.1) is 11.6 Å². The van der Waals surface area contributed by atoms with E-state index >= 15 is 0 Å². The first kappa shape index (κ1) is 13.1. The molecule has 1 saturated heterocycles. The highest BCUT2D eigenvalue weighted by atomic mass is 19.1. The van der Waals surface area contributed by atoms with E-state index in [-0.39, 0.29) is 17.8 Å². The van der Waals surface area contributed by atoms with Gasteiger partial charge in [-0.25, -0.2) is 8.78 Å². The van der Waals surface area contributed by atoms with Crippen molar-refractivity contribution in [3.63, 3.8) is 0 Å². The SMILES string of the molecule is NC1(C(=O)Cc2c(F)cccc2F)CCOCC1. The average Bonchev–Trinajstić information content (AvgIpc) is 2.34. The second-order valence-electron chi connectivity index (χ2n) is 4.57. The first-order chi connectivity index (χ1) is 8.53. The second-order valence-corrected chi connectivity index (χ2v) is 4.57. The highest BCUT2D eigenvalue weighted by Crippen LogP contribution is 2.22. The zero-order chi connectivity index (χ0) is 13.2. The van der Waals surface area contributed by atoms with Gasteiger partial charge in [0.05, 0.1) is 5.54 Å². The predicted molar refractivity (Wildman–Crippen MR) is 62.0 cm³/mol. The maximum absolute atomic E-state index is 13.4. The number of Topliss-reactive ketones (excluding diaryl/α,β-unsaturated/α-hetero) is 1. The molecular formula is C13H15F2NO2. The van der Waals surface area contributed by atoms with Gasteiger partial charge in [-0.2, -0.15) is 0 Å². The molecular weight excluding hydrogens is 240 g/mol. The summed E-state index contributed by atoms with van der Waals surface area (Å²) in [5.74, 6) is -1.76. The van der Waals surface area contributed by atoms with Crippen LogP contribution in [0.1, 0.15) is 18.4 Å². The van der Waals surface area contributed by atoms with Crippen LogP contribution in [0.25, 0.3) is 0 Å². The highest BCUT2D eigenvalue weighted by molar-refractivity contribution is 5.90. The molecule has 98 valence electrons. The topological polar surface area (TPSA) is 52.3 Å². The van der Waals surface area contributed by atoms with Crippen molar-refractivity contribution < 1.29 is 18.3 Å². The van der Waals surface area contributed by atoms with E-state index in [1.165, 1.54) is 6.07 Å². The maximum Gasteiger partial charge on any atom is 0.157 e. The first-order valence-corrected chi connectivity index (χ1v) is 5.86. The Morgan fingerprint density at radius 2 is 1.83 bits per heavy atom. The van der Waals surface area contributed by atoms with Gasteiger partial charge < -0.3 is 10.5 Å². The molecule has 1 aromatic rings. The van der Waals surface area contributed by atoms with Gasteiger partial charge in [0.25, 0.3) is 0 Å². The summed E-state index contributed by atoms with van der Waals surface area (Å²) in [6.07, 6.45) is 0.471. The van der Waals surface area contributed by atoms with Gasteiger partial charge in [0.1, 0.15) is 11.6 Å². The van der Waals surface area contributed by atoms with E-state index in [2.05, 4.69) is 0 Å². The van der Waals surface area contributed by atoms with E-state index in [4.69, 9.17) is 10.5 Å². The molecule has 0 aromatic heterocycles. The van der Waals surface area contributed by atoms with Crippen molar-refractivity contribution in [2.45, 2.75) is 24.8 Å². The summed E-state index contributed by atoms with van der Waals surface area (Å²) in [6.45, 7) is 0.810. The lowest BCUT2D eigenvalue weighted by Crippen LogP contribution is -2.52. The zero-order valence-corrected chi connectivity index (χ0v) is 9.92. The summed E-state index contributed by atoms with van der Waals surface area (Å²) in [6, 6.07) is 3.54. The average molecular weight is 255 g/mol. The molecule has 0 bridgehead atoms. The lowest BCUT2D eigenvalue weighted by atomic mass is 9.84. The van der Waals surface area contributed by atoms with Gasteiger partial charge in [-0.1, -0.05) is 6.07 Å². The normalized spacial score (nSPS) is 18.6. The second kappa shape index (κ2) is 5.12. The monoisotopic (exact) mass is 255 g/mol. The van der Waals surface area contributed by atoms with Crippen molar-refractivity contribution in [1.29, 1.82) is 0 Å². The molecule has 1 heterocycles. The summed E-state index contributed by atoms with van der Waals surface area (Å²) in [4.78, 5) is 12.1. The lowest BCUT2D eigenvalue weighted by molar-refractivity contribution is -0.126. The molecule has 1 aromatic carbocycles. The largest absolute Gasteiger partial charge is 0.381 e. The smallest absolute Gasteiger partial charge is 0.157 e. The van der Waals surface area contributed by atoms with Crippen molar-refractivity contribution in [2.75, 3.05) is 13.2 Å². The van der Waals surface area contributed by atoms with Gasteiger partial charge in [-0.3, -0.25) is 4.79 Å². The Hall–Kier alpha value is -1.33. The van der Waals surface area contributed by atoms with Crippen molar-refractivity contribution in [2.24, 2.45) is 5.73 Å². The molecule has 0 spiro atoms. The van der Waals surface area contributed by atoms with E-state index < -0.39 is 17.2 Å². The number of rotatable bonds is 3. The van der Waals surface area contributed by atoms with Gasteiger partial charge in [0.15, 0.2) is 5.78 Å². The fraction of sp³-hybridized carbons (Fsp3) is 0.462. The minimum absolute atomic E-state index is 0.209. The summed E-state index contributed by atoms with van der Waals surface area (Å²) in [5.41, 5.74) is 4.75. The number of hydrogen-bond donors (Lipinski definition) is 1. The van der Waals surface area contributed by atoms with Crippen LogP contribution in [0.4, 0.5) is 8.78 Å². The Balaban J connectivity index is 2.16. The Morgan fingerprint density at radius 1 is 1.28 bits per heavy atom. The number of ether oxygens (including phenoxy) is 1. The summed E-state index contributed by atoms with van der Waals surface area (Å²) in [7, 11) is 0. The molecule has 1 fully saturated rings. The Labute approximate surface area is 104 Å². The van der Waals surface area contributed by atoms with Crippen LogP contribution in [0.3, 0.4) is 0 Å². The van der Waals surface area contributed by atoms with Crippen molar-refractivity contribution in [1.82, 2.24) is 0 Å². The fourth-order valence-corrected chi connectivity index (χ4v) is 2.05. The van der Waals surface area contributed by atoms with E-state index in [0.717, 1.165) is 12.1 Å². The molecule has 1 aliphatic rings. The fourth-order valence-electron chi connectivity index (χ4n) is 2.05. The summed E-state index contributed by atoms with van der Waals surface area (Å²) in [5, 5.41) is 0. The van der Waals surface area contributed by atoms with Gasteiger partial charge >= 0.3 is 0 Å². The third-order valence-electron chi connectivity index (χ3n) is 3.34. The van der Waals surface area contributed by atoms with Crippen LogP contribution < -0.4 is 5.73 Å². The van der Waals surface area contributed by atoms with Crippen LogP contribution in [0.15, 0.2) is 18.2 Å². The minimum atomic E-state index is -1.02. The number of halogens is 2. The highest BCUT2D eigenvalue weighted by Gasteiger charge is 2.36. The van der Waals surface area contributed by atoms with E-state index in [0.29, 0.717) is 26.1 Å². The third-order valence-corrected chi connectivity index (χ3v) is 3.34. The van der Waals surface area contributed by atoms with Crippen LogP contribution in [-0.4, -0.2) is 24.5 Å². The maximum atomic E-state index is 13.4. The van der Waals surface area contributed by atoms with Crippen LogP contribution in [0.2, 0.25) is 0 Å².